The van der Waals surface area contributed by atoms with E-state index in [0.29, 0.717) is 12.8 Å². The summed E-state index contributed by atoms with van der Waals surface area (Å²) in [4.78, 5) is 2.00. The van der Waals surface area contributed by atoms with E-state index in [2.05, 4.69) is 6.07 Å². The number of nitrogens with zero attached hydrogens (tertiary/aromatic N) is 2. The fourth-order valence-corrected chi connectivity index (χ4v) is 1.83. The predicted octanol–water partition coefficient (Wildman–Crippen LogP) is 3.39. The third-order valence-electron chi connectivity index (χ3n) is 2.48. The maximum absolute atomic E-state index is 13.0. The molecule has 0 bridgehead atoms. The Hall–Kier alpha value is -1.11. The van der Waals surface area contributed by atoms with Gasteiger partial charge in [-0.15, -0.1) is 0 Å². The molecule has 86 valence electrons. The van der Waals surface area contributed by atoms with Crippen LogP contribution in [0.25, 0.3) is 0 Å². The van der Waals surface area contributed by atoms with Gasteiger partial charge in [-0.05, 0) is 38.2 Å². The Kier molecular flexibility index (Phi) is 4.72. The fraction of sp³-hybridized carbons (Fsp3) is 0.417. The van der Waals surface area contributed by atoms with Crippen LogP contribution in [0.1, 0.15) is 24.4 Å². The van der Waals surface area contributed by atoms with Gasteiger partial charge in [-0.1, -0.05) is 17.7 Å². The third-order valence-corrected chi connectivity index (χ3v) is 2.77. The van der Waals surface area contributed by atoms with Crippen molar-refractivity contribution in [2.75, 3.05) is 14.1 Å². The SMILES string of the molecule is CN(C)C(CCC#N)c1ccc(F)c(Cl)c1. The Bertz CT molecular complexity index is 398. The number of hydrogen-bond donors (Lipinski definition) is 0. The van der Waals surface area contributed by atoms with Gasteiger partial charge in [0.25, 0.3) is 0 Å². The Morgan fingerprint density at radius 2 is 2.19 bits per heavy atom. The van der Waals surface area contributed by atoms with Gasteiger partial charge in [0.15, 0.2) is 0 Å². The van der Waals surface area contributed by atoms with Gasteiger partial charge < -0.3 is 4.90 Å². The van der Waals surface area contributed by atoms with Crippen LogP contribution in [-0.4, -0.2) is 19.0 Å². The quantitative estimate of drug-likeness (QED) is 0.807. The van der Waals surface area contributed by atoms with Crippen molar-refractivity contribution < 1.29 is 4.39 Å². The first kappa shape index (κ1) is 13.0. The molecule has 4 heteroatoms. The number of rotatable bonds is 4. The van der Waals surface area contributed by atoms with Crippen molar-refractivity contribution in [3.8, 4) is 6.07 Å². The standard InChI is InChI=1S/C12H14ClFN2/c1-16(2)12(4-3-7-15)9-5-6-11(14)10(13)8-9/h5-6,8,12H,3-4H2,1-2H3. The van der Waals surface area contributed by atoms with Crippen LogP contribution < -0.4 is 0 Å². The van der Waals surface area contributed by atoms with E-state index in [-0.39, 0.29) is 11.1 Å². The molecule has 0 radical (unpaired) electrons. The van der Waals surface area contributed by atoms with Crippen LogP contribution in [0.3, 0.4) is 0 Å². The summed E-state index contributed by atoms with van der Waals surface area (Å²) in [5.41, 5.74) is 0.937. The van der Waals surface area contributed by atoms with Gasteiger partial charge in [0, 0.05) is 12.5 Å². The number of halogens is 2. The topological polar surface area (TPSA) is 27.0 Å². The molecule has 1 rings (SSSR count). The van der Waals surface area contributed by atoms with Gasteiger partial charge in [0.1, 0.15) is 5.82 Å². The largest absolute Gasteiger partial charge is 0.302 e. The first-order chi connectivity index (χ1) is 7.56. The van der Waals surface area contributed by atoms with E-state index in [1.165, 1.54) is 6.07 Å². The summed E-state index contributed by atoms with van der Waals surface area (Å²) < 4.78 is 13.0. The van der Waals surface area contributed by atoms with Gasteiger partial charge in [-0.25, -0.2) is 4.39 Å². The number of hydrogen-bond acceptors (Lipinski definition) is 2. The second-order valence-corrected chi connectivity index (χ2v) is 4.26. The van der Waals surface area contributed by atoms with Crippen molar-refractivity contribution in [1.29, 1.82) is 5.26 Å². The Labute approximate surface area is 100 Å². The van der Waals surface area contributed by atoms with Crippen LogP contribution in [0.15, 0.2) is 18.2 Å². The van der Waals surface area contributed by atoms with E-state index in [1.807, 2.05) is 19.0 Å². The van der Waals surface area contributed by atoms with Crippen molar-refractivity contribution in [1.82, 2.24) is 4.90 Å². The summed E-state index contributed by atoms with van der Waals surface area (Å²) >= 11 is 5.74. The average molecular weight is 241 g/mol. The maximum atomic E-state index is 13.0. The predicted molar refractivity (Wildman–Crippen MR) is 62.7 cm³/mol. The molecule has 2 nitrogen and oxygen atoms in total. The molecule has 1 aromatic carbocycles. The second kappa shape index (κ2) is 5.83. The van der Waals surface area contributed by atoms with Crippen molar-refractivity contribution in [2.45, 2.75) is 18.9 Å². The zero-order valence-corrected chi connectivity index (χ0v) is 10.1. The summed E-state index contributed by atoms with van der Waals surface area (Å²) in [6.07, 6.45) is 1.18. The molecule has 1 atom stereocenters. The first-order valence-corrected chi connectivity index (χ1v) is 5.42. The van der Waals surface area contributed by atoms with E-state index >= 15 is 0 Å². The lowest BCUT2D eigenvalue weighted by molar-refractivity contribution is 0.286. The molecule has 0 saturated carbocycles. The highest BCUT2D eigenvalue weighted by molar-refractivity contribution is 6.30. The summed E-state index contributed by atoms with van der Waals surface area (Å²) in [7, 11) is 3.86. The van der Waals surface area contributed by atoms with Gasteiger partial charge in [0.05, 0.1) is 11.1 Å². The Balaban J connectivity index is 2.93. The molecule has 0 spiro atoms. The van der Waals surface area contributed by atoms with Crippen molar-refractivity contribution in [2.24, 2.45) is 0 Å². The molecule has 0 aliphatic rings. The molecule has 16 heavy (non-hydrogen) atoms. The average Bonchev–Trinajstić information content (AvgIpc) is 2.23. The number of nitriles is 1. The van der Waals surface area contributed by atoms with Crippen molar-refractivity contribution in [3.63, 3.8) is 0 Å². The van der Waals surface area contributed by atoms with Crippen LogP contribution in [0.4, 0.5) is 4.39 Å². The minimum Gasteiger partial charge on any atom is -0.302 e. The van der Waals surface area contributed by atoms with Gasteiger partial charge >= 0.3 is 0 Å². The van der Waals surface area contributed by atoms with Crippen LogP contribution in [0.2, 0.25) is 5.02 Å². The smallest absolute Gasteiger partial charge is 0.141 e. The third kappa shape index (κ3) is 3.19. The summed E-state index contributed by atoms with van der Waals surface area (Å²) in [6, 6.07) is 6.91. The molecule has 0 aliphatic carbocycles. The van der Waals surface area contributed by atoms with E-state index in [4.69, 9.17) is 16.9 Å². The molecule has 0 heterocycles. The van der Waals surface area contributed by atoms with Crippen LogP contribution in [-0.2, 0) is 0 Å². The molecule has 0 fully saturated rings. The molecule has 1 aromatic rings. The van der Waals surface area contributed by atoms with E-state index < -0.39 is 5.82 Å². The lowest BCUT2D eigenvalue weighted by atomic mass is 10.0. The number of benzene rings is 1. The second-order valence-electron chi connectivity index (χ2n) is 3.85. The van der Waals surface area contributed by atoms with Crippen LogP contribution in [0.5, 0.6) is 0 Å². The molecule has 0 aromatic heterocycles. The maximum Gasteiger partial charge on any atom is 0.141 e. The monoisotopic (exact) mass is 240 g/mol. The molecule has 0 amide bonds. The lowest BCUT2D eigenvalue weighted by Crippen LogP contribution is -2.19. The highest BCUT2D eigenvalue weighted by Gasteiger charge is 2.15. The van der Waals surface area contributed by atoms with Gasteiger partial charge in [-0.3, -0.25) is 0 Å². The minimum atomic E-state index is -0.414. The summed E-state index contributed by atoms with van der Waals surface area (Å²) in [6.45, 7) is 0. The molecular weight excluding hydrogens is 227 g/mol. The van der Waals surface area contributed by atoms with Gasteiger partial charge in [0.2, 0.25) is 0 Å². The first-order valence-electron chi connectivity index (χ1n) is 5.04. The molecular formula is C12H14ClFN2. The lowest BCUT2D eigenvalue weighted by Gasteiger charge is -2.24. The zero-order valence-electron chi connectivity index (χ0n) is 9.37. The summed E-state index contributed by atoms with van der Waals surface area (Å²) in [5.74, 6) is -0.414. The minimum absolute atomic E-state index is 0.0951. The molecule has 1 unspecified atom stereocenters. The fourth-order valence-electron chi connectivity index (χ4n) is 1.64. The molecule has 0 saturated heterocycles. The van der Waals surface area contributed by atoms with Crippen molar-refractivity contribution in [3.05, 3.63) is 34.6 Å². The summed E-state index contributed by atoms with van der Waals surface area (Å²) in [5, 5.41) is 8.71. The Morgan fingerprint density at radius 3 is 2.69 bits per heavy atom. The normalized spacial score (nSPS) is 12.5. The van der Waals surface area contributed by atoms with Gasteiger partial charge in [-0.2, -0.15) is 5.26 Å². The van der Waals surface area contributed by atoms with E-state index in [0.717, 1.165) is 5.56 Å². The molecule has 0 N–H and O–H groups in total. The van der Waals surface area contributed by atoms with Crippen LogP contribution >= 0.6 is 11.6 Å². The molecule has 0 aliphatic heterocycles. The Morgan fingerprint density at radius 1 is 1.50 bits per heavy atom. The van der Waals surface area contributed by atoms with Crippen molar-refractivity contribution >= 4 is 11.6 Å². The highest BCUT2D eigenvalue weighted by atomic mass is 35.5. The van der Waals surface area contributed by atoms with E-state index in [1.54, 1.807) is 12.1 Å². The van der Waals surface area contributed by atoms with E-state index in [9.17, 15) is 4.39 Å². The van der Waals surface area contributed by atoms with Crippen LogP contribution in [0, 0.1) is 17.1 Å². The zero-order chi connectivity index (χ0) is 12.1. The highest BCUT2D eigenvalue weighted by Crippen LogP contribution is 2.26.